The molecule has 14 aromatic rings. The van der Waals surface area contributed by atoms with Gasteiger partial charge in [0.2, 0.25) is 5.82 Å². The quantitative estimate of drug-likeness (QED) is 0.129. The van der Waals surface area contributed by atoms with Gasteiger partial charge in [0.15, 0.2) is 0 Å². The standard InChI is InChI=1S/C69H48N6O/c1-47-41-49(68-70-69(76-71-68)48-21-7-2-8-22-48)35-38-59(47)50-42-57(74-64-33-19-17-31-60(64)62-45-55(36-39-66(62)74)72(51-23-9-3-10-24-51)52-25-11-4-12-26-52)44-58(43-50)75-65-34-20-18-32-61(65)63-46-56(37-40-67(63)75)73(53-27-13-5-14-28-53)54-29-15-6-16-30-54/h2-46H,1H3. The molecule has 0 unspecified atom stereocenters. The summed E-state index contributed by atoms with van der Waals surface area (Å²) >= 11 is 0. The van der Waals surface area contributed by atoms with Crippen LogP contribution >= 0.6 is 0 Å². The monoisotopic (exact) mass is 976 g/mol. The van der Waals surface area contributed by atoms with Crippen molar-refractivity contribution in [2.45, 2.75) is 6.92 Å². The Morgan fingerprint density at radius 1 is 0.329 bits per heavy atom. The normalized spacial score (nSPS) is 11.5. The summed E-state index contributed by atoms with van der Waals surface area (Å²) in [6.45, 7) is 2.17. The molecule has 360 valence electrons. The summed E-state index contributed by atoms with van der Waals surface area (Å²) in [5, 5.41) is 9.10. The molecule has 0 amide bonds. The van der Waals surface area contributed by atoms with Crippen molar-refractivity contribution in [1.82, 2.24) is 19.3 Å². The minimum Gasteiger partial charge on any atom is -0.334 e. The maximum absolute atomic E-state index is 5.77. The highest BCUT2D eigenvalue weighted by atomic mass is 16.5. The summed E-state index contributed by atoms with van der Waals surface area (Å²) in [5.41, 5.74) is 18.2. The Hall–Kier alpha value is -10.2. The number of rotatable bonds is 11. The zero-order valence-electron chi connectivity index (χ0n) is 41.6. The van der Waals surface area contributed by atoms with Gasteiger partial charge in [-0.25, -0.2) is 0 Å². The van der Waals surface area contributed by atoms with Gasteiger partial charge in [0.1, 0.15) is 0 Å². The van der Waals surface area contributed by atoms with Gasteiger partial charge in [-0.05, 0) is 157 Å². The number of fused-ring (bicyclic) bond motifs is 6. The van der Waals surface area contributed by atoms with E-state index in [9.17, 15) is 0 Å². The number of hydrogen-bond acceptors (Lipinski definition) is 5. The lowest BCUT2D eigenvalue weighted by molar-refractivity contribution is 0.432. The minimum atomic E-state index is 0.493. The molecule has 0 aliphatic carbocycles. The molecule has 0 N–H and O–H groups in total. The molecule has 0 saturated carbocycles. The summed E-state index contributed by atoms with van der Waals surface area (Å²) in [5.74, 6) is 1.04. The van der Waals surface area contributed by atoms with Crippen LogP contribution in [-0.2, 0) is 0 Å². The minimum absolute atomic E-state index is 0.493. The van der Waals surface area contributed by atoms with E-state index in [4.69, 9.17) is 9.51 Å². The number of aromatic nitrogens is 4. The Kier molecular flexibility index (Phi) is 10.9. The first-order valence-electron chi connectivity index (χ1n) is 25.6. The molecule has 14 rings (SSSR count). The van der Waals surface area contributed by atoms with Crippen molar-refractivity contribution in [3.8, 4) is 45.3 Å². The van der Waals surface area contributed by atoms with Crippen LogP contribution in [0.5, 0.6) is 0 Å². The first kappa shape index (κ1) is 44.5. The highest BCUT2D eigenvalue weighted by Gasteiger charge is 2.22. The SMILES string of the molecule is Cc1cc(-c2noc(-c3ccccc3)n2)ccc1-c1cc(-n2c3ccccc3c3cc(N(c4ccccc4)c4ccccc4)ccc32)cc(-n2c3ccccc3c3cc(N(c4ccccc4)c4ccccc4)ccc32)c1. The van der Waals surface area contributed by atoms with Crippen LogP contribution in [0.1, 0.15) is 5.56 Å². The maximum atomic E-state index is 5.77. The average Bonchev–Trinajstić information content (AvgIpc) is 4.30. The smallest absolute Gasteiger partial charge is 0.258 e. The molecule has 0 bridgehead atoms. The third-order valence-electron chi connectivity index (χ3n) is 14.5. The molecule has 0 aliphatic heterocycles. The number of aryl methyl sites for hydroxylation is 1. The predicted molar refractivity (Wildman–Crippen MR) is 313 cm³/mol. The van der Waals surface area contributed by atoms with Gasteiger partial charge in [0, 0.05) is 78.2 Å². The van der Waals surface area contributed by atoms with Crippen LogP contribution in [-0.4, -0.2) is 19.3 Å². The fourth-order valence-electron chi connectivity index (χ4n) is 11.1. The van der Waals surface area contributed by atoms with E-state index in [0.29, 0.717) is 11.7 Å². The molecule has 3 aromatic heterocycles. The molecule has 0 radical (unpaired) electrons. The molecule has 0 saturated heterocycles. The molecule has 11 aromatic carbocycles. The summed E-state index contributed by atoms with van der Waals surface area (Å²) in [6.07, 6.45) is 0. The second-order valence-electron chi connectivity index (χ2n) is 19.2. The lowest BCUT2D eigenvalue weighted by atomic mass is 9.97. The van der Waals surface area contributed by atoms with Crippen LogP contribution < -0.4 is 9.80 Å². The number of para-hydroxylation sites is 6. The molecule has 0 aliphatic rings. The van der Waals surface area contributed by atoms with Gasteiger partial charge in [-0.2, -0.15) is 4.98 Å². The van der Waals surface area contributed by atoms with E-state index in [1.54, 1.807) is 0 Å². The molecule has 76 heavy (non-hydrogen) atoms. The van der Waals surface area contributed by atoms with E-state index in [1.807, 2.05) is 30.3 Å². The van der Waals surface area contributed by atoms with E-state index in [0.717, 1.165) is 95.4 Å². The van der Waals surface area contributed by atoms with Gasteiger partial charge in [-0.15, -0.1) is 0 Å². The Morgan fingerprint density at radius 3 is 1.21 bits per heavy atom. The van der Waals surface area contributed by atoms with Crippen molar-refractivity contribution in [3.63, 3.8) is 0 Å². The van der Waals surface area contributed by atoms with Gasteiger partial charge in [-0.1, -0.05) is 145 Å². The molecular formula is C69H48N6O. The summed E-state index contributed by atoms with van der Waals surface area (Å²) in [4.78, 5) is 9.49. The highest BCUT2D eigenvalue weighted by molar-refractivity contribution is 6.12. The van der Waals surface area contributed by atoms with Gasteiger partial charge < -0.3 is 23.5 Å². The molecule has 3 heterocycles. The molecule has 7 heteroatoms. The highest BCUT2D eigenvalue weighted by Crippen LogP contribution is 2.44. The number of benzene rings is 11. The Bertz CT molecular complexity index is 4120. The zero-order valence-corrected chi connectivity index (χ0v) is 41.6. The molecule has 7 nitrogen and oxygen atoms in total. The van der Waals surface area contributed by atoms with Crippen molar-refractivity contribution in [2.24, 2.45) is 0 Å². The number of anilines is 6. The van der Waals surface area contributed by atoms with Gasteiger partial charge in [-0.3, -0.25) is 0 Å². The van der Waals surface area contributed by atoms with Gasteiger partial charge in [0.25, 0.3) is 5.89 Å². The molecular weight excluding hydrogens is 929 g/mol. The van der Waals surface area contributed by atoms with Crippen molar-refractivity contribution in [1.29, 1.82) is 0 Å². The van der Waals surface area contributed by atoms with E-state index in [1.165, 1.54) is 21.5 Å². The van der Waals surface area contributed by atoms with Crippen LogP contribution in [0.4, 0.5) is 34.1 Å². The van der Waals surface area contributed by atoms with Crippen molar-refractivity contribution in [2.75, 3.05) is 9.80 Å². The van der Waals surface area contributed by atoms with Crippen molar-refractivity contribution in [3.05, 3.63) is 279 Å². The second kappa shape index (κ2) is 18.7. The molecule has 0 spiro atoms. The first-order chi connectivity index (χ1) is 37.6. The zero-order chi connectivity index (χ0) is 50.5. The molecule has 0 fully saturated rings. The third kappa shape index (κ3) is 7.77. The topological polar surface area (TPSA) is 55.3 Å². The lowest BCUT2D eigenvalue weighted by Gasteiger charge is -2.25. The van der Waals surface area contributed by atoms with Crippen LogP contribution in [0.25, 0.3) is 89.0 Å². The van der Waals surface area contributed by atoms with Gasteiger partial charge >= 0.3 is 0 Å². The van der Waals surface area contributed by atoms with Gasteiger partial charge in [0.05, 0.1) is 22.1 Å². The third-order valence-corrected chi connectivity index (χ3v) is 14.5. The fraction of sp³-hybridized carbons (Fsp3) is 0.0145. The fourth-order valence-corrected chi connectivity index (χ4v) is 11.1. The second-order valence-corrected chi connectivity index (χ2v) is 19.2. The number of hydrogen-bond donors (Lipinski definition) is 0. The number of nitrogens with zero attached hydrogens (tertiary/aromatic N) is 6. The summed E-state index contributed by atoms with van der Waals surface area (Å²) < 4.78 is 10.7. The summed E-state index contributed by atoms with van der Waals surface area (Å²) in [6, 6.07) is 97.2. The van der Waals surface area contributed by atoms with E-state index in [-0.39, 0.29) is 0 Å². The predicted octanol–water partition coefficient (Wildman–Crippen LogP) is 18.5. The van der Waals surface area contributed by atoms with E-state index in [2.05, 4.69) is 274 Å². The van der Waals surface area contributed by atoms with Crippen molar-refractivity contribution < 1.29 is 4.52 Å². The van der Waals surface area contributed by atoms with Crippen LogP contribution in [0.2, 0.25) is 0 Å². The Balaban J connectivity index is 0.978. The van der Waals surface area contributed by atoms with Crippen molar-refractivity contribution >= 4 is 77.7 Å². The first-order valence-corrected chi connectivity index (χ1v) is 25.6. The Labute approximate surface area is 440 Å². The largest absolute Gasteiger partial charge is 0.334 e. The summed E-state index contributed by atoms with van der Waals surface area (Å²) in [7, 11) is 0. The maximum Gasteiger partial charge on any atom is 0.258 e. The van der Waals surface area contributed by atoms with Crippen LogP contribution in [0, 0.1) is 6.92 Å². The van der Waals surface area contributed by atoms with Crippen LogP contribution in [0.15, 0.2) is 278 Å². The lowest BCUT2D eigenvalue weighted by Crippen LogP contribution is -2.09. The van der Waals surface area contributed by atoms with E-state index < -0.39 is 0 Å². The molecule has 0 atom stereocenters. The van der Waals surface area contributed by atoms with E-state index >= 15 is 0 Å². The Morgan fingerprint density at radius 2 is 0.750 bits per heavy atom. The average molecular weight is 977 g/mol. The van der Waals surface area contributed by atoms with Crippen LogP contribution in [0.3, 0.4) is 0 Å².